The minimum atomic E-state index is -0.620. The quantitative estimate of drug-likeness (QED) is 0.628. The molecule has 0 aromatic carbocycles. The van der Waals surface area contributed by atoms with Crippen molar-refractivity contribution in [1.82, 2.24) is 14.8 Å². The third kappa shape index (κ3) is 4.05. The van der Waals surface area contributed by atoms with Gasteiger partial charge in [0.15, 0.2) is 5.78 Å². The molecule has 6 rings (SSSR count). The fraction of sp³-hybridized carbons (Fsp3) is 0.759. The van der Waals surface area contributed by atoms with Crippen molar-refractivity contribution in [2.24, 2.45) is 40.9 Å². The summed E-state index contributed by atoms with van der Waals surface area (Å²) in [4.78, 5) is 17.9. The zero-order valence-corrected chi connectivity index (χ0v) is 21.4. The van der Waals surface area contributed by atoms with Gasteiger partial charge >= 0.3 is 0 Å². The standard InChI is InChI=1S/C29H41N3O3/c1-3-35-18-29(34)13-11-20-19(15-29)6-7-22-21(20)10-12-28(2)23(22)8-9-24(28)27(33)17-32-16-26-25(31-32)5-4-14-30-26/h4-5,14,16,19-24,34H,3,6-13,15,17-18H2,1-2H3/t19-,20-,21+,22+,23-,24+,28-,29+/m0/s1. The lowest BCUT2D eigenvalue weighted by Gasteiger charge is -2.57. The summed E-state index contributed by atoms with van der Waals surface area (Å²) in [6, 6.07) is 3.85. The largest absolute Gasteiger partial charge is 0.387 e. The lowest BCUT2D eigenvalue weighted by molar-refractivity contribution is -0.138. The van der Waals surface area contributed by atoms with Crippen LogP contribution < -0.4 is 0 Å². The number of ether oxygens (including phenoxy) is 1. The van der Waals surface area contributed by atoms with Crippen molar-refractivity contribution in [3.8, 4) is 0 Å². The number of rotatable bonds is 6. The Hall–Kier alpha value is -1.79. The van der Waals surface area contributed by atoms with E-state index in [1.165, 1.54) is 32.1 Å². The Morgan fingerprint density at radius 3 is 2.80 bits per heavy atom. The lowest BCUT2D eigenvalue weighted by Crippen LogP contribution is -2.52. The molecule has 2 aromatic rings. The molecule has 0 saturated heterocycles. The van der Waals surface area contributed by atoms with Gasteiger partial charge in [-0.05, 0) is 112 Å². The number of ketones is 1. The summed E-state index contributed by atoms with van der Waals surface area (Å²) in [5.41, 5.74) is 1.22. The molecule has 0 spiro atoms. The maximum Gasteiger partial charge on any atom is 0.157 e. The molecule has 6 heteroatoms. The summed E-state index contributed by atoms with van der Waals surface area (Å²) in [7, 11) is 0. The van der Waals surface area contributed by atoms with Gasteiger partial charge in [-0.1, -0.05) is 6.92 Å². The first-order valence-corrected chi connectivity index (χ1v) is 14.0. The smallest absolute Gasteiger partial charge is 0.157 e. The average Bonchev–Trinajstić information content (AvgIpc) is 3.42. The number of aliphatic hydroxyl groups is 1. The molecule has 4 fully saturated rings. The van der Waals surface area contributed by atoms with Gasteiger partial charge in [-0.2, -0.15) is 5.10 Å². The van der Waals surface area contributed by atoms with Crippen LogP contribution in [0.25, 0.3) is 11.0 Å². The van der Waals surface area contributed by atoms with E-state index in [-0.39, 0.29) is 11.3 Å². The number of nitrogens with zero attached hydrogens (tertiary/aromatic N) is 3. The number of hydrogen-bond donors (Lipinski definition) is 1. The Balaban J connectivity index is 1.14. The molecule has 2 heterocycles. The number of aromatic nitrogens is 3. The highest BCUT2D eigenvalue weighted by Crippen LogP contribution is 2.64. The van der Waals surface area contributed by atoms with Crippen LogP contribution in [0.3, 0.4) is 0 Å². The Morgan fingerprint density at radius 2 is 1.97 bits per heavy atom. The van der Waals surface area contributed by atoms with Gasteiger partial charge in [0.05, 0.1) is 24.9 Å². The van der Waals surface area contributed by atoms with Crippen molar-refractivity contribution in [3.05, 3.63) is 24.5 Å². The molecule has 0 aliphatic heterocycles. The van der Waals surface area contributed by atoms with Crippen LogP contribution in [-0.4, -0.2) is 44.5 Å². The SMILES string of the molecule is CCOC[C@@]1(O)CC[C@H]2[C@@H](CC[C@@H]3[C@@H]2CC[C@]2(C)[C@@H](C(=O)Cn4cc5ncccc5n4)CC[C@@H]32)C1. The maximum absolute atomic E-state index is 13.6. The van der Waals surface area contributed by atoms with Gasteiger partial charge < -0.3 is 9.84 Å². The normalized spacial score (nSPS) is 40.8. The maximum atomic E-state index is 13.6. The summed E-state index contributed by atoms with van der Waals surface area (Å²) in [5, 5.41) is 15.7. The van der Waals surface area contributed by atoms with E-state index in [1.54, 1.807) is 10.9 Å². The highest BCUT2D eigenvalue weighted by Gasteiger charge is 2.59. The number of pyridine rings is 1. The van der Waals surface area contributed by atoms with Crippen LogP contribution in [0.5, 0.6) is 0 Å². The zero-order chi connectivity index (χ0) is 24.2. The third-order valence-corrected chi connectivity index (χ3v) is 10.7. The van der Waals surface area contributed by atoms with E-state index in [0.717, 1.165) is 54.5 Å². The third-order valence-electron chi connectivity index (χ3n) is 10.7. The lowest BCUT2D eigenvalue weighted by atomic mass is 9.49. The Morgan fingerprint density at radius 1 is 1.11 bits per heavy atom. The summed E-state index contributed by atoms with van der Waals surface area (Å²) in [5.74, 6) is 4.09. The van der Waals surface area contributed by atoms with Crippen molar-refractivity contribution in [2.45, 2.75) is 83.8 Å². The van der Waals surface area contributed by atoms with Gasteiger partial charge in [-0.25, -0.2) is 0 Å². The molecule has 8 atom stereocenters. The number of carbonyl (C=O) groups is 1. The molecule has 1 N–H and O–H groups in total. The van der Waals surface area contributed by atoms with E-state index >= 15 is 0 Å². The van der Waals surface area contributed by atoms with E-state index < -0.39 is 5.60 Å². The van der Waals surface area contributed by atoms with Crippen LogP contribution in [0, 0.1) is 40.9 Å². The zero-order valence-electron chi connectivity index (χ0n) is 21.4. The van der Waals surface area contributed by atoms with Crippen LogP contribution in [0.2, 0.25) is 0 Å². The van der Waals surface area contributed by atoms with Crippen molar-refractivity contribution in [1.29, 1.82) is 0 Å². The second-order valence-electron chi connectivity index (χ2n) is 12.4. The van der Waals surface area contributed by atoms with Crippen molar-refractivity contribution >= 4 is 16.8 Å². The molecule has 6 nitrogen and oxygen atoms in total. The molecular formula is C29H41N3O3. The van der Waals surface area contributed by atoms with Gasteiger partial charge in [0, 0.05) is 18.7 Å². The number of fused-ring (bicyclic) bond motifs is 6. The molecule has 4 aliphatic carbocycles. The van der Waals surface area contributed by atoms with Crippen LogP contribution in [-0.2, 0) is 16.1 Å². The summed E-state index contributed by atoms with van der Waals surface area (Å²) in [6.07, 6.45) is 13.8. The van der Waals surface area contributed by atoms with Gasteiger partial charge in [0.25, 0.3) is 0 Å². The first-order valence-electron chi connectivity index (χ1n) is 14.0. The van der Waals surface area contributed by atoms with Crippen LogP contribution in [0.4, 0.5) is 0 Å². The molecule has 4 aliphatic rings. The fourth-order valence-corrected chi connectivity index (χ4v) is 9.17. The van der Waals surface area contributed by atoms with Gasteiger partial charge in [0.2, 0.25) is 0 Å². The minimum Gasteiger partial charge on any atom is -0.387 e. The first kappa shape index (κ1) is 23.6. The molecule has 2 aromatic heterocycles. The Kier molecular flexibility index (Phi) is 6.03. The second kappa shape index (κ2) is 8.95. The molecule has 35 heavy (non-hydrogen) atoms. The number of Topliss-reactive ketones (excluding diaryl/α,β-unsaturated/α-hetero) is 1. The van der Waals surface area contributed by atoms with E-state index in [0.29, 0.717) is 37.4 Å². The Labute approximate surface area is 208 Å². The predicted molar refractivity (Wildman–Crippen MR) is 135 cm³/mol. The molecule has 0 unspecified atom stereocenters. The molecular weight excluding hydrogens is 438 g/mol. The summed E-state index contributed by atoms with van der Waals surface area (Å²) >= 11 is 0. The van der Waals surface area contributed by atoms with Crippen LogP contribution in [0.15, 0.2) is 24.5 Å². The first-order chi connectivity index (χ1) is 16.9. The molecule has 190 valence electrons. The number of carbonyl (C=O) groups excluding carboxylic acids is 1. The topological polar surface area (TPSA) is 77.2 Å². The van der Waals surface area contributed by atoms with Crippen molar-refractivity contribution < 1.29 is 14.6 Å². The molecule has 4 saturated carbocycles. The van der Waals surface area contributed by atoms with E-state index in [1.807, 2.05) is 25.3 Å². The second-order valence-corrected chi connectivity index (χ2v) is 12.4. The number of hydrogen-bond acceptors (Lipinski definition) is 5. The van der Waals surface area contributed by atoms with E-state index in [4.69, 9.17) is 4.74 Å². The summed E-state index contributed by atoms with van der Waals surface area (Å²) < 4.78 is 7.44. The van der Waals surface area contributed by atoms with Crippen molar-refractivity contribution in [3.63, 3.8) is 0 Å². The molecule has 0 amide bonds. The predicted octanol–water partition coefficient (Wildman–Crippen LogP) is 5.04. The average molecular weight is 480 g/mol. The van der Waals surface area contributed by atoms with Crippen LogP contribution in [0.1, 0.15) is 71.6 Å². The van der Waals surface area contributed by atoms with Gasteiger partial charge in [-0.3, -0.25) is 14.5 Å². The van der Waals surface area contributed by atoms with Gasteiger partial charge in [-0.15, -0.1) is 0 Å². The summed E-state index contributed by atoms with van der Waals surface area (Å²) in [6.45, 7) is 5.97. The molecule has 0 bridgehead atoms. The van der Waals surface area contributed by atoms with E-state index in [9.17, 15) is 9.90 Å². The minimum absolute atomic E-state index is 0.125. The highest BCUT2D eigenvalue weighted by molar-refractivity contribution is 5.82. The van der Waals surface area contributed by atoms with E-state index in [2.05, 4.69) is 17.0 Å². The van der Waals surface area contributed by atoms with Gasteiger partial charge in [0.1, 0.15) is 11.0 Å². The molecule has 0 radical (unpaired) electrons. The monoisotopic (exact) mass is 479 g/mol. The van der Waals surface area contributed by atoms with Crippen molar-refractivity contribution in [2.75, 3.05) is 13.2 Å². The van der Waals surface area contributed by atoms with Crippen LogP contribution >= 0.6 is 0 Å². The Bertz CT molecular complexity index is 1050. The highest BCUT2D eigenvalue weighted by atomic mass is 16.5. The fourth-order valence-electron chi connectivity index (χ4n) is 9.17.